The fraction of sp³-hybridized carbons (Fsp3) is 0.409. The van der Waals surface area contributed by atoms with Crippen molar-refractivity contribution >= 4 is 11.7 Å². The Labute approximate surface area is 161 Å². The number of hydrogen-bond donors (Lipinski definition) is 1. The lowest BCUT2D eigenvalue weighted by Gasteiger charge is -2.39. The molecule has 0 bridgehead atoms. The Balaban J connectivity index is 1.57. The number of anilines is 1. The van der Waals surface area contributed by atoms with Crippen molar-refractivity contribution in [1.82, 2.24) is 9.80 Å². The van der Waals surface area contributed by atoms with Crippen LogP contribution in [-0.2, 0) is 17.7 Å². The van der Waals surface area contributed by atoms with Gasteiger partial charge in [0.1, 0.15) is 0 Å². The summed E-state index contributed by atoms with van der Waals surface area (Å²) in [6, 6.07) is 18.6. The van der Waals surface area contributed by atoms with Gasteiger partial charge in [-0.3, -0.25) is 4.90 Å². The van der Waals surface area contributed by atoms with Gasteiger partial charge >= 0.3 is 6.03 Å². The number of ether oxygens (including phenoxy) is 1. The summed E-state index contributed by atoms with van der Waals surface area (Å²) in [5.41, 5.74) is 3.29. The van der Waals surface area contributed by atoms with Crippen LogP contribution in [0.5, 0.6) is 0 Å². The van der Waals surface area contributed by atoms with E-state index in [0.29, 0.717) is 6.61 Å². The molecule has 1 aliphatic heterocycles. The molecular formula is C22H29N3O2. The lowest BCUT2D eigenvalue weighted by atomic mass is 10.1. The Morgan fingerprint density at radius 1 is 1.11 bits per heavy atom. The zero-order valence-electron chi connectivity index (χ0n) is 16.2. The molecule has 0 unspecified atom stereocenters. The van der Waals surface area contributed by atoms with Crippen molar-refractivity contribution < 1.29 is 9.53 Å². The predicted molar refractivity (Wildman–Crippen MR) is 109 cm³/mol. The highest BCUT2D eigenvalue weighted by molar-refractivity contribution is 5.90. The lowest BCUT2D eigenvalue weighted by molar-refractivity contribution is 0.104. The minimum Gasteiger partial charge on any atom is -0.384 e. The minimum atomic E-state index is -0.0215. The highest BCUT2D eigenvalue weighted by Crippen LogP contribution is 2.19. The number of methoxy groups -OCH3 is 1. The van der Waals surface area contributed by atoms with Crippen LogP contribution in [0.1, 0.15) is 18.1 Å². The van der Waals surface area contributed by atoms with Crippen LogP contribution in [0.15, 0.2) is 54.6 Å². The van der Waals surface area contributed by atoms with Gasteiger partial charge in [-0.2, -0.15) is 0 Å². The van der Waals surface area contributed by atoms with Gasteiger partial charge in [-0.1, -0.05) is 48.5 Å². The number of amides is 2. The van der Waals surface area contributed by atoms with E-state index in [1.165, 1.54) is 5.56 Å². The molecule has 5 heteroatoms. The molecule has 1 fully saturated rings. The van der Waals surface area contributed by atoms with E-state index in [4.69, 9.17) is 4.74 Å². The SMILES string of the molecule is COCCc1ccccc1NC(=O)N1CCN(Cc2ccccc2)C[C@H]1C. The first-order valence-electron chi connectivity index (χ1n) is 9.58. The molecule has 5 nitrogen and oxygen atoms in total. The topological polar surface area (TPSA) is 44.8 Å². The summed E-state index contributed by atoms with van der Waals surface area (Å²) >= 11 is 0. The number of hydrogen-bond acceptors (Lipinski definition) is 3. The van der Waals surface area contributed by atoms with Crippen LogP contribution in [0.4, 0.5) is 10.5 Å². The molecule has 1 atom stereocenters. The number of nitrogens with one attached hydrogen (secondary N) is 1. The summed E-state index contributed by atoms with van der Waals surface area (Å²) in [5.74, 6) is 0. The van der Waals surface area contributed by atoms with Gasteiger partial charge in [0.05, 0.1) is 6.61 Å². The number of nitrogens with zero attached hydrogens (tertiary/aromatic N) is 2. The van der Waals surface area contributed by atoms with Gasteiger partial charge in [0.15, 0.2) is 0 Å². The van der Waals surface area contributed by atoms with Crippen molar-refractivity contribution in [3.8, 4) is 0 Å². The smallest absolute Gasteiger partial charge is 0.322 e. The van der Waals surface area contributed by atoms with E-state index < -0.39 is 0 Å². The van der Waals surface area contributed by atoms with Crippen molar-refractivity contribution in [2.75, 3.05) is 38.7 Å². The Morgan fingerprint density at radius 2 is 1.85 bits per heavy atom. The molecule has 0 aromatic heterocycles. The van der Waals surface area contributed by atoms with Crippen molar-refractivity contribution in [2.45, 2.75) is 25.9 Å². The first kappa shape index (κ1) is 19.4. The molecular weight excluding hydrogens is 338 g/mol. The largest absolute Gasteiger partial charge is 0.384 e. The molecule has 1 heterocycles. The van der Waals surface area contributed by atoms with Crippen LogP contribution in [0, 0.1) is 0 Å². The summed E-state index contributed by atoms with van der Waals surface area (Å²) in [6.45, 7) is 6.20. The van der Waals surface area contributed by atoms with Crippen LogP contribution < -0.4 is 5.32 Å². The van der Waals surface area contributed by atoms with E-state index >= 15 is 0 Å². The number of piperazine rings is 1. The number of para-hydroxylation sites is 1. The summed E-state index contributed by atoms with van der Waals surface area (Å²) in [5, 5.41) is 3.10. The van der Waals surface area contributed by atoms with Crippen molar-refractivity contribution in [3.63, 3.8) is 0 Å². The molecule has 3 rings (SSSR count). The lowest BCUT2D eigenvalue weighted by Crippen LogP contribution is -2.54. The third kappa shape index (κ3) is 5.31. The highest BCUT2D eigenvalue weighted by Gasteiger charge is 2.27. The Bertz CT molecular complexity index is 735. The van der Waals surface area contributed by atoms with E-state index in [1.54, 1.807) is 7.11 Å². The van der Waals surface area contributed by atoms with Gasteiger partial charge in [0.2, 0.25) is 0 Å². The van der Waals surface area contributed by atoms with E-state index in [9.17, 15) is 4.79 Å². The van der Waals surface area contributed by atoms with Gasteiger partial charge in [-0.25, -0.2) is 4.79 Å². The normalized spacial score (nSPS) is 17.7. The molecule has 144 valence electrons. The van der Waals surface area contributed by atoms with E-state index in [2.05, 4.69) is 41.4 Å². The second-order valence-corrected chi connectivity index (χ2v) is 7.09. The maximum atomic E-state index is 12.8. The average molecular weight is 367 g/mol. The van der Waals surface area contributed by atoms with Crippen molar-refractivity contribution in [2.24, 2.45) is 0 Å². The zero-order chi connectivity index (χ0) is 19.1. The molecule has 27 heavy (non-hydrogen) atoms. The van der Waals surface area contributed by atoms with Crippen LogP contribution in [-0.4, -0.2) is 55.2 Å². The number of carbonyl (C=O) groups is 1. The summed E-state index contributed by atoms with van der Waals surface area (Å²) < 4.78 is 5.17. The zero-order valence-corrected chi connectivity index (χ0v) is 16.2. The molecule has 2 aromatic carbocycles. The second kappa shape index (κ2) is 9.53. The summed E-state index contributed by atoms with van der Waals surface area (Å²) in [7, 11) is 1.69. The number of carbonyl (C=O) groups excluding carboxylic acids is 1. The monoisotopic (exact) mass is 367 g/mol. The van der Waals surface area contributed by atoms with Crippen LogP contribution in [0.2, 0.25) is 0 Å². The first-order valence-corrected chi connectivity index (χ1v) is 9.58. The van der Waals surface area contributed by atoms with Gasteiger partial charge in [-0.05, 0) is 30.5 Å². The standard InChI is InChI=1S/C22H29N3O2/c1-18-16-24(17-19-8-4-3-5-9-19)13-14-25(18)22(26)23-21-11-7-6-10-20(21)12-15-27-2/h3-11,18H,12-17H2,1-2H3,(H,23,26)/t18-/m1/s1. The van der Waals surface area contributed by atoms with Gasteiger partial charge in [0, 0.05) is 45.0 Å². The molecule has 1 aliphatic rings. The third-order valence-electron chi connectivity index (χ3n) is 5.06. The maximum absolute atomic E-state index is 12.8. The average Bonchev–Trinajstić information content (AvgIpc) is 2.68. The molecule has 1 saturated heterocycles. The fourth-order valence-electron chi connectivity index (χ4n) is 3.58. The van der Waals surface area contributed by atoms with E-state index in [-0.39, 0.29) is 12.1 Å². The predicted octanol–water partition coefficient (Wildman–Crippen LogP) is 3.61. The van der Waals surface area contributed by atoms with Crippen molar-refractivity contribution in [1.29, 1.82) is 0 Å². The summed E-state index contributed by atoms with van der Waals surface area (Å²) in [6.07, 6.45) is 0.785. The molecule has 0 aliphatic carbocycles. The molecule has 1 N–H and O–H groups in total. The van der Waals surface area contributed by atoms with Crippen LogP contribution >= 0.6 is 0 Å². The molecule has 0 spiro atoms. The van der Waals surface area contributed by atoms with Crippen LogP contribution in [0.25, 0.3) is 0 Å². The maximum Gasteiger partial charge on any atom is 0.322 e. The van der Waals surface area contributed by atoms with Gasteiger partial charge in [-0.15, -0.1) is 0 Å². The fourth-order valence-corrected chi connectivity index (χ4v) is 3.58. The van der Waals surface area contributed by atoms with Gasteiger partial charge < -0.3 is 15.0 Å². The number of urea groups is 1. The second-order valence-electron chi connectivity index (χ2n) is 7.09. The van der Waals surface area contributed by atoms with Crippen molar-refractivity contribution in [3.05, 3.63) is 65.7 Å². The van der Waals surface area contributed by atoms with Crippen LogP contribution in [0.3, 0.4) is 0 Å². The third-order valence-corrected chi connectivity index (χ3v) is 5.06. The molecule has 0 radical (unpaired) electrons. The van der Waals surface area contributed by atoms with Gasteiger partial charge in [0.25, 0.3) is 0 Å². The molecule has 2 aromatic rings. The molecule has 2 amide bonds. The Morgan fingerprint density at radius 3 is 2.59 bits per heavy atom. The number of rotatable bonds is 6. The minimum absolute atomic E-state index is 0.0215. The first-order chi connectivity index (χ1) is 13.2. The quantitative estimate of drug-likeness (QED) is 0.848. The van der Waals surface area contributed by atoms with E-state index in [1.807, 2.05) is 35.2 Å². The Kier molecular flexibility index (Phi) is 6.85. The number of benzene rings is 2. The van der Waals surface area contributed by atoms with E-state index in [0.717, 1.165) is 43.9 Å². The highest BCUT2D eigenvalue weighted by atomic mass is 16.5. The summed E-state index contributed by atoms with van der Waals surface area (Å²) in [4.78, 5) is 17.2. The Hall–Kier alpha value is -2.37. The molecule has 0 saturated carbocycles.